The van der Waals surface area contributed by atoms with Gasteiger partial charge in [-0.2, -0.15) is 13.2 Å². The first kappa shape index (κ1) is 20.7. The molecule has 2 amide bonds. The third-order valence-corrected chi connectivity index (χ3v) is 4.84. The highest BCUT2D eigenvalue weighted by atomic mass is 19.4. The van der Waals surface area contributed by atoms with Gasteiger partial charge in [0.15, 0.2) is 0 Å². The van der Waals surface area contributed by atoms with Gasteiger partial charge < -0.3 is 15.0 Å². The van der Waals surface area contributed by atoms with Gasteiger partial charge in [0.1, 0.15) is 5.75 Å². The maximum absolute atomic E-state index is 12.8. The van der Waals surface area contributed by atoms with Crippen molar-refractivity contribution in [3.63, 3.8) is 0 Å². The van der Waals surface area contributed by atoms with Gasteiger partial charge in [0.2, 0.25) is 11.8 Å². The Bertz CT molecular complexity index is 928. The van der Waals surface area contributed by atoms with E-state index in [0.29, 0.717) is 17.0 Å². The molecule has 0 radical (unpaired) electrons. The number of alkyl halides is 3. The second-order valence-electron chi connectivity index (χ2n) is 7.00. The summed E-state index contributed by atoms with van der Waals surface area (Å²) >= 11 is 0. The van der Waals surface area contributed by atoms with Gasteiger partial charge in [0.05, 0.1) is 24.3 Å². The highest BCUT2D eigenvalue weighted by Crippen LogP contribution is 2.34. The molecule has 1 aliphatic heterocycles. The molecule has 5 nitrogen and oxygen atoms in total. The van der Waals surface area contributed by atoms with Crippen LogP contribution >= 0.6 is 0 Å². The zero-order valence-electron chi connectivity index (χ0n) is 16.0. The van der Waals surface area contributed by atoms with Gasteiger partial charge in [-0.25, -0.2) is 0 Å². The van der Waals surface area contributed by atoms with Crippen LogP contribution in [0.2, 0.25) is 0 Å². The topological polar surface area (TPSA) is 58.6 Å². The van der Waals surface area contributed by atoms with Gasteiger partial charge in [-0.15, -0.1) is 0 Å². The van der Waals surface area contributed by atoms with Crippen molar-refractivity contribution in [2.24, 2.45) is 5.92 Å². The number of nitrogens with zero attached hydrogens (tertiary/aromatic N) is 1. The lowest BCUT2D eigenvalue weighted by atomic mass is 10.1. The van der Waals surface area contributed by atoms with Crippen LogP contribution in [0.5, 0.6) is 5.75 Å². The minimum Gasteiger partial charge on any atom is -0.495 e. The summed E-state index contributed by atoms with van der Waals surface area (Å²) < 4.78 is 43.7. The fourth-order valence-electron chi connectivity index (χ4n) is 3.32. The Labute approximate surface area is 166 Å². The number of methoxy groups -OCH3 is 1. The number of benzene rings is 2. The Morgan fingerprint density at radius 2 is 2.00 bits per heavy atom. The van der Waals surface area contributed by atoms with E-state index in [9.17, 15) is 22.8 Å². The molecule has 2 aromatic carbocycles. The molecule has 2 aromatic rings. The maximum atomic E-state index is 12.8. The monoisotopic (exact) mass is 406 g/mol. The highest BCUT2D eigenvalue weighted by molar-refractivity contribution is 6.01. The average Bonchev–Trinajstić information content (AvgIpc) is 3.07. The first-order chi connectivity index (χ1) is 13.7. The summed E-state index contributed by atoms with van der Waals surface area (Å²) in [6.45, 7) is 2.04. The number of aryl methyl sites for hydroxylation is 1. The summed E-state index contributed by atoms with van der Waals surface area (Å²) in [4.78, 5) is 26.5. The molecular weight excluding hydrogens is 385 g/mol. The summed E-state index contributed by atoms with van der Waals surface area (Å²) in [7, 11) is 1.51. The zero-order chi connectivity index (χ0) is 21.2. The molecule has 1 N–H and O–H groups in total. The molecule has 0 bridgehead atoms. The van der Waals surface area contributed by atoms with E-state index >= 15 is 0 Å². The SMILES string of the molecule is COc1ccc(C)cc1N1C[C@H](C(=O)NCc2cccc(C(F)(F)F)c2)CC1=O. The number of carbonyl (C=O) groups is 2. The van der Waals surface area contributed by atoms with Crippen molar-refractivity contribution in [2.75, 3.05) is 18.6 Å². The second-order valence-corrected chi connectivity index (χ2v) is 7.00. The maximum Gasteiger partial charge on any atom is 0.416 e. The number of hydrogen-bond acceptors (Lipinski definition) is 3. The van der Waals surface area contributed by atoms with E-state index in [1.807, 2.05) is 19.1 Å². The molecule has 0 saturated carbocycles. The van der Waals surface area contributed by atoms with Gasteiger partial charge in [0, 0.05) is 19.5 Å². The lowest BCUT2D eigenvalue weighted by molar-refractivity contribution is -0.137. The number of halogens is 3. The number of hydrogen-bond donors (Lipinski definition) is 1. The summed E-state index contributed by atoms with van der Waals surface area (Å²) in [5.41, 5.74) is 1.13. The summed E-state index contributed by atoms with van der Waals surface area (Å²) in [5.74, 6) is -0.620. The van der Waals surface area contributed by atoms with Crippen molar-refractivity contribution in [3.05, 3.63) is 59.2 Å². The summed E-state index contributed by atoms with van der Waals surface area (Å²) in [6, 6.07) is 10.2. The van der Waals surface area contributed by atoms with E-state index in [4.69, 9.17) is 4.74 Å². The van der Waals surface area contributed by atoms with Crippen LogP contribution in [0.4, 0.5) is 18.9 Å². The number of rotatable bonds is 5. The van der Waals surface area contributed by atoms with Gasteiger partial charge >= 0.3 is 6.18 Å². The fourth-order valence-corrected chi connectivity index (χ4v) is 3.32. The molecule has 3 rings (SSSR count). The highest BCUT2D eigenvalue weighted by Gasteiger charge is 2.36. The minimum atomic E-state index is -4.44. The largest absolute Gasteiger partial charge is 0.495 e. The van der Waals surface area contributed by atoms with Crippen LogP contribution in [0, 0.1) is 12.8 Å². The van der Waals surface area contributed by atoms with Crippen LogP contribution in [-0.2, 0) is 22.3 Å². The summed E-state index contributed by atoms with van der Waals surface area (Å²) in [6.07, 6.45) is -4.41. The van der Waals surface area contributed by atoms with E-state index < -0.39 is 17.7 Å². The molecule has 0 unspecified atom stereocenters. The Morgan fingerprint density at radius 3 is 2.69 bits per heavy atom. The van der Waals surface area contributed by atoms with Crippen LogP contribution in [0.1, 0.15) is 23.1 Å². The van der Waals surface area contributed by atoms with Crippen LogP contribution in [0.25, 0.3) is 0 Å². The third kappa shape index (κ3) is 4.70. The molecule has 0 aliphatic carbocycles. The molecular formula is C21H21F3N2O3. The van der Waals surface area contributed by atoms with E-state index in [2.05, 4.69) is 5.32 Å². The van der Waals surface area contributed by atoms with Crippen molar-refractivity contribution >= 4 is 17.5 Å². The molecule has 154 valence electrons. The predicted molar refractivity (Wildman–Crippen MR) is 101 cm³/mol. The molecule has 29 heavy (non-hydrogen) atoms. The second kappa shape index (κ2) is 8.14. The van der Waals surface area contributed by atoms with Crippen molar-refractivity contribution in [3.8, 4) is 5.75 Å². The van der Waals surface area contributed by atoms with Crippen LogP contribution < -0.4 is 15.0 Å². The molecule has 1 aliphatic rings. The molecule has 0 aromatic heterocycles. The van der Waals surface area contributed by atoms with E-state index in [1.54, 1.807) is 6.07 Å². The van der Waals surface area contributed by atoms with E-state index in [1.165, 1.54) is 24.1 Å². The van der Waals surface area contributed by atoms with E-state index in [-0.39, 0.29) is 31.3 Å². The first-order valence-electron chi connectivity index (χ1n) is 9.08. The van der Waals surface area contributed by atoms with Crippen LogP contribution in [0.3, 0.4) is 0 Å². The van der Waals surface area contributed by atoms with Gasteiger partial charge in [-0.1, -0.05) is 18.2 Å². The van der Waals surface area contributed by atoms with Gasteiger partial charge in [-0.05, 0) is 42.3 Å². The number of nitrogens with one attached hydrogen (secondary N) is 1. The van der Waals surface area contributed by atoms with Gasteiger partial charge in [0.25, 0.3) is 0 Å². The predicted octanol–water partition coefficient (Wildman–Crippen LogP) is 3.69. The van der Waals surface area contributed by atoms with Crippen LogP contribution in [-0.4, -0.2) is 25.5 Å². The van der Waals surface area contributed by atoms with Crippen molar-refractivity contribution < 1.29 is 27.5 Å². The van der Waals surface area contributed by atoms with Crippen molar-refractivity contribution in [1.29, 1.82) is 0 Å². The quantitative estimate of drug-likeness (QED) is 0.824. The molecule has 1 atom stereocenters. The standard InChI is InChI=1S/C21H21F3N2O3/c1-13-6-7-18(29-2)17(8-13)26-12-15(10-19(26)27)20(28)25-11-14-4-3-5-16(9-14)21(22,23)24/h3-9,15H,10-12H2,1-2H3,(H,25,28)/t15-/m1/s1. The Morgan fingerprint density at radius 1 is 1.24 bits per heavy atom. The van der Waals surface area contributed by atoms with E-state index in [0.717, 1.165) is 17.7 Å². The van der Waals surface area contributed by atoms with Crippen LogP contribution in [0.15, 0.2) is 42.5 Å². The molecule has 8 heteroatoms. The number of ether oxygens (including phenoxy) is 1. The lowest BCUT2D eigenvalue weighted by Crippen LogP contribution is -2.32. The fraction of sp³-hybridized carbons (Fsp3) is 0.333. The smallest absolute Gasteiger partial charge is 0.416 e. The Balaban J connectivity index is 1.66. The van der Waals surface area contributed by atoms with Crippen molar-refractivity contribution in [2.45, 2.75) is 26.1 Å². The zero-order valence-corrected chi connectivity index (χ0v) is 16.0. The summed E-state index contributed by atoms with van der Waals surface area (Å²) in [5, 5.41) is 2.64. The number of carbonyl (C=O) groups excluding carboxylic acids is 2. The lowest BCUT2D eigenvalue weighted by Gasteiger charge is -2.20. The Kier molecular flexibility index (Phi) is 5.81. The third-order valence-electron chi connectivity index (χ3n) is 4.84. The molecule has 0 spiro atoms. The average molecular weight is 406 g/mol. The minimum absolute atomic E-state index is 0.0333. The molecule has 1 heterocycles. The number of anilines is 1. The van der Waals surface area contributed by atoms with Crippen molar-refractivity contribution in [1.82, 2.24) is 5.32 Å². The number of amides is 2. The normalized spacial score (nSPS) is 16.8. The Hall–Kier alpha value is -3.03. The molecule has 1 saturated heterocycles. The van der Waals surface area contributed by atoms with Gasteiger partial charge in [-0.3, -0.25) is 9.59 Å². The molecule has 1 fully saturated rings. The first-order valence-corrected chi connectivity index (χ1v) is 9.08.